The highest BCUT2D eigenvalue weighted by molar-refractivity contribution is 8.03. The SMILES string of the molecule is COC1=C(OC)C(O)(C(=C=C2CCCCC2)Sc2ccccc2)C1=O. The van der Waals surface area contributed by atoms with Gasteiger partial charge in [-0.15, -0.1) is 5.73 Å². The molecule has 0 aliphatic heterocycles. The second-order valence-electron chi connectivity index (χ2n) is 6.14. The van der Waals surface area contributed by atoms with E-state index in [9.17, 15) is 9.90 Å². The van der Waals surface area contributed by atoms with Gasteiger partial charge < -0.3 is 14.6 Å². The van der Waals surface area contributed by atoms with E-state index in [1.807, 2.05) is 30.3 Å². The molecule has 0 aromatic heterocycles. The molecule has 3 rings (SSSR count). The molecule has 0 amide bonds. The van der Waals surface area contributed by atoms with Gasteiger partial charge in [-0.05, 0) is 43.4 Å². The number of methoxy groups -OCH3 is 2. The molecule has 1 unspecified atom stereocenters. The summed E-state index contributed by atoms with van der Waals surface area (Å²) in [7, 11) is 2.84. The van der Waals surface area contributed by atoms with Gasteiger partial charge in [-0.3, -0.25) is 4.79 Å². The van der Waals surface area contributed by atoms with E-state index in [1.165, 1.54) is 32.4 Å². The van der Waals surface area contributed by atoms with E-state index < -0.39 is 11.4 Å². The number of carbonyl (C=O) groups excluding carboxylic acids is 1. The van der Waals surface area contributed by atoms with Crippen molar-refractivity contribution in [3.05, 3.63) is 58.1 Å². The minimum Gasteiger partial charge on any atom is -0.493 e. The summed E-state index contributed by atoms with van der Waals surface area (Å²) in [5, 5.41) is 11.1. The van der Waals surface area contributed by atoms with E-state index in [0.29, 0.717) is 4.91 Å². The Hall–Kier alpha value is -1.94. The van der Waals surface area contributed by atoms with Crippen LogP contribution in [0.15, 0.2) is 63.0 Å². The molecule has 1 aromatic rings. The summed E-state index contributed by atoms with van der Waals surface area (Å²) in [5.41, 5.74) is 2.67. The maximum atomic E-state index is 12.6. The van der Waals surface area contributed by atoms with E-state index in [1.54, 1.807) is 0 Å². The van der Waals surface area contributed by atoms with Crippen molar-refractivity contribution >= 4 is 17.5 Å². The van der Waals surface area contributed by atoms with Gasteiger partial charge in [-0.2, -0.15) is 0 Å². The third kappa shape index (κ3) is 3.28. The third-order valence-electron chi connectivity index (χ3n) is 4.52. The van der Waals surface area contributed by atoms with Crippen LogP contribution in [-0.4, -0.2) is 30.7 Å². The fourth-order valence-electron chi connectivity index (χ4n) is 3.16. The lowest BCUT2D eigenvalue weighted by Gasteiger charge is -2.37. The quantitative estimate of drug-likeness (QED) is 0.637. The van der Waals surface area contributed by atoms with Crippen molar-refractivity contribution in [2.75, 3.05) is 14.2 Å². The molecule has 0 saturated heterocycles. The molecular formula is C20H22O4S. The molecule has 1 fully saturated rings. The summed E-state index contributed by atoms with van der Waals surface area (Å²) in [6.07, 6.45) is 5.35. The largest absolute Gasteiger partial charge is 0.493 e. The lowest BCUT2D eigenvalue weighted by molar-refractivity contribution is -0.140. The summed E-state index contributed by atoms with van der Waals surface area (Å²) >= 11 is 1.34. The fraction of sp³-hybridized carbons (Fsp3) is 0.400. The zero-order chi connectivity index (χ0) is 17.9. The van der Waals surface area contributed by atoms with Crippen LogP contribution in [0, 0.1) is 0 Å². The van der Waals surface area contributed by atoms with Crippen LogP contribution in [-0.2, 0) is 14.3 Å². The Bertz CT molecular complexity index is 751. The third-order valence-corrected chi connectivity index (χ3v) is 5.63. The normalized spacial score (nSPS) is 23.0. The summed E-state index contributed by atoms with van der Waals surface area (Å²) in [6, 6.07) is 9.66. The lowest BCUT2D eigenvalue weighted by Crippen LogP contribution is -2.52. The molecule has 1 N–H and O–H groups in total. The van der Waals surface area contributed by atoms with Gasteiger partial charge in [0.05, 0.1) is 19.1 Å². The van der Waals surface area contributed by atoms with Gasteiger partial charge in [-0.1, -0.05) is 36.4 Å². The van der Waals surface area contributed by atoms with Crippen molar-refractivity contribution in [3.63, 3.8) is 0 Å². The van der Waals surface area contributed by atoms with E-state index in [-0.39, 0.29) is 11.5 Å². The van der Waals surface area contributed by atoms with Gasteiger partial charge in [0.2, 0.25) is 17.1 Å². The summed E-state index contributed by atoms with van der Waals surface area (Å²) in [6.45, 7) is 0. The second kappa shape index (κ2) is 7.52. The molecule has 4 nitrogen and oxygen atoms in total. The molecule has 2 aliphatic carbocycles. The highest BCUT2D eigenvalue weighted by Crippen LogP contribution is 2.47. The van der Waals surface area contributed by atoms with Crippen LogP contribution >= 0.6 is 11.8 Å². The zero-order valence-electron chi connectivity index (χ0n) is 14.5. The molecule has 1 atom stereocenters. The number of benzene rings is 1. The number of carbonyl (C=O) groups is 1. The molecule has 2 aliphatic rings. The van der Waals surface area contributed by atoms with Crippen molar-refractivity contribution in [1.82, 2.24) is 0 Å². The average Bonchev–Trinajstić information content (AvgIpc) is 2.66. The molecule has 1 aromatic carbocycles. The molecule has 25 heavy (non-hydrogen) atoms. The van der Waals surface area contributed by atoms with Crippen LogP contribution in [0.1, 0.15) is 32.1 Å². The predicted molar refractivity (Wildman–Crippen MR) is 96.9 cm³/mol. The van der Waals surface area contributed by atoms with Gasteiger partial charge in [0.1, 0.15) is 0 Å². The minimum absolute atomic E-state index is 0.0756. The Labute approximate surface area is 152 Å². The number of aliphatic hydroxyl groups is 1. The van der Waals surface area contributed by atoms with Crippen LogP contribution < -0.4 is 0 Å². The second-order valence-corrected chi connectivity index (χ2v) is 7.22. The molecular weight excluding hydrogens is 336 g/mol. The first-order valence-electron chi connectivity index (χ1n) is 8.43. The number of ketones is 1. The molecule has 0 radical (unpaired) electrons. The van der Waals surface area contributed by atoms with Crippen molar-refractivity contribution in [1.29, 1.82) is 0 Å². The first-order chi connectivity index (χ1) is 12.1. The Morgan fingerprint density at radius 2 is 1.80 bits per heavy atom. The van der Waals surface area contributed by atoms with E-state index in [4.69, 9.17) is 9.47 Å². The summed E-state index contributed by atoms with van der Waals surface area (Å²) in [5.74, 6) is -0.247. The van der Waals surface area contributed by atoms with Crippen molar-refractivity contribution in [2.45, 2.75) is 42.6 Å². The Kier molecular flexibility index (Phi) is 5.38. The van der Waals surface area contributed by atoms with Gasteiger partial charge in [-0.25, -0.2) is 0 Å². The minimum atomic E-state index is -1.81. The number of ether oxygens (including phenoxy) is 2. The maximum Gasteiger partial charge on any atom is 0.246 e. The van der Waals surface area contributed by atoms with Gasteiger partial charge in [0.25, 0.3) is 0 Å². The summed E-state index contributed by atoms with van der Waals surface area (Å²) in [4.78, 5) is 14.0. The number of thioether (sulfide) groups is 1. The van der Waals surface area contributed by atoms with Gasteiger partial charge >= 0.3 is 0 Å². The molecule has 0 spiro atoms. The van der Waals surface area contributed by atoms with Crippen molar-refractivity contribution in [3.8, 4) is 0 Å². The standard InChI is InChI=1S/C20H22O4S/c1-23-17-18(21)20(22,19(17)24-2)16(13-14-9-5-3-6-10-14)25-15-11-7-4-8-12-15/h4,7-8,11-12,22H,3,5-6,9-10H2,1-2H3. The number of Topliss-reactive ketones (excluding diaryl/α,β-unsaturated/α-hetero) is 1. The summed E-state index contributed by atoms with van der Waals surface area (Å²) < 4.78 is 10.4. The van der Waals surface area contributed by atoms with E-state index >= 15 is 0 Å². The van der Waals surface area contributed by atoms with Gasteiger partial charge in [0, 0.05) is 4.90 Å². The maximum absolute atomic E-state index is 12.6. The Balaban J connectivity index is 2.07. The molecule has 5 heteroatoms. The Morgan fingerprint density at radius 3 is 2.40 bits per heavy atom. The highest BCUT2D eigenvalue weighted by Gasteiger charge is 2.59. The number of hydrogen-bond donors (Lipinski definition) is 1. The van der Waals surface area contributed by atoms with Crippen LogP contribution in [0.3, 0.4) is 0 Å². The lowest BCUT2D eigenvalue weighted by atomic mass is 9.82. The fourth-order valence-corrected chi connectivity index (χ4v) is 4.22. The smallest absolute Gasteiger partial charge is 0.246 e. The Morgan fingerprint density at radius 1 is 1.12 bits per heavy atom. The average molecular weight is 358 g/mol. The molecule has 1 saturated carbocycles. The predicted octanol–water partition coefficient (Wildman–Crippen LogP) is 3.97. The molecule has 132 valence electrons. The number of rotatable bonds is 5. The van der Waals surface area contributed by atoms with E-state index in [0.717, 1.165) is 36.2 Å². The van der Waals surface area contributed by atoms with Crippen LogP contribution in [0.5, 0.6) is 0 Å². The first kappa shape index (κ1) is 17.9. The zero-order valence-corrected chi connectivity index (χ0v) is 15.3. The van der Waals surface area contributed by atoms with Crippen molar-refractivity contribution < 1.29 is 19.4 Å². The molecule has 0 bridgehead atoms. The molecule has 0 heterocycles. The topological polar surface area (TPSA) is 55.8 Å². The van der Waals surface area contributed by atoms with Crippen LogP contribution in [0.4, 0.5) is 0 Å². The van der Waals surface area contributed by atoms with E-state index in [2.05, 4.69) is 5.73 Å². The monoisotopic (exact) mass is 358 g/mol. The van der Waals surface area contributed by atoms with Crippen LogP contribution in [0.2, 0.25) is 0 Å². The first-order valence-corrected chi connectivity index (χ1v) is 9.25. The highest BCUT2D eigenvalue weighted by atomic mass is 32.2. The van der Waals surface area contributed by atoms with Gasteiger partial charge in [0.15, 0.2) is 5.76 Å². The van der Waals surface area contributed by atoms with Crippen molar-refractivity contribution in [2.24, 2.45) is 0 Å². The van der Waals surface area contributed by atoms with Crippen LogP contribution in [0.25, 0.3) is 0 Å². The number of hydrogen-bond acceptors (Lipinski definition) is 5.